The average Bonchev–Trinajstić information content (AvgIpc) is 2.64. The first-order valence-electron chi connectivity index (χ1n) is 8.09. The number of hydrogen-bond donors (Lipinski definition) is 1. The van der Waals surface area contributed by atoms with E-state index >= 15 is 0 Å². The van der Waals surface area contributed by atoms with Crippen molar-refractivity contribution in [2.75, 3.05) is 6.61 Å². The van der Waals surface area contributed by atoms with Gasteiger partial charge < -0.3 is 5.11 Å². The minimum Gasteiger partial charge on any atom is -0.396 e. The summed E-state index contributed by atoms with van der Waals surface area (Å²) in [6.07, 6.45) is -8.05. The maximum absolute atomic E-state index is 13.9. The first-order valence-corrected chi connectivity index (χ1v) is 13.2. The Morgan fingerprint density at radius 3 is 0.816 bits per heavy atom. The van der Waals surface area contributed by atoms with Crippen molar-refractivity contribution in [1.29, 1.82) is 0 Å². The monoisotopic (exact) mass is 696 g/mol. The molecule has 0 heterocycles. The van der Waals surface area contributed by atoms with Crippen molar-refractivity contribution < 1.29 is 97.3 Å². The van der Waals surface area contributed by atoms with Gasteiger partial charge >= 0.3 is 65.5 Å². The summed E-state index contributed by atoms with van der Waals surface area (Å²) >= 11 is 14.3. The Labute approximate surface area is 208 Å². The average molecular weight is 698 g/mol. The number of halogens is 24. The van der Waals surface area contributed by atoms with Crippen LogP contribution >= 0.6 is 33.2 Å². The minimum absolute atomic E-state index is 2.67. The van der Waals surface area contributed by atoms with Gasteiger partial charge in [0, 0.05) is 0 Å². The predicted octanol–water partition coefficient (Wildman–Crippen LogP) is 8.28. The molecule has 0 aromatic heterocycles. The van der Waals surface area contributed by atoms with Crippen LogP contribution < -0.4 is 0 Å². The van der Waals surface area contributed by atoms with E-state index in [0.29, 0.717) is 0 Å². The molecule has 1 unspecified atom stereocenters. The largest absolute Gasteiger partial charge is 0.460 e. The Morgan fingerprint density at radius 1 is 0.421 bits per heavy atom. The molecule has 0 bridgehead atoms. The molecule has 0 spiro atoms. The van der Waals surface area contributed by atoms with Crippen molar-refractivity contribution in [3.05, 3.63) is 0 Å². The molecule has 0 saturated heterocycles. The molecule has 230 valence electrons. The third kappa shape index (κ3) is 4.76. The number of aliphatic hydroxyl groups is 1. The zero-order valence-corrected chi connectivity index (χ0v) is 19.6. The first kappa shape index (κ1) is 37.6. The van der Waals surface area contributed by atoms with Crippen LogP contribution in [0.1, 0.15) is 0 Å². The molecule has 0 fully saturated rings. The summed E-state index contributed by atoms with van der Waals surface area (Å²) in [6.45, 7) is -2.67. The van der Waals surface area contributed by atoms with Gasteiger partial charge in [0.25, 0.3) is 0 Å². The van der Waals surface area contributed by atoms with E-state index in [-0.39, 0.29) is 0 Å². The van der Waals surface area contributed by atoms with E-state index in [0.717, 1.165) is 0 Å². The van der Waals surface area contributed by atoms with Crippen LogP contribution in [-0.4, -0.2) is 77.2 Å². The molecular weight excluding hydrogens is 694 g/mol. The van der Waals surface area contributed by atoms with E-state index in [1.165, 1.54) is 0 Å². The molecule has 0 aliphatic carbocycles. The van der Waals surface area contributed by atoms with Crippen LogP contribution in [0.3, 0.4) is 0 Å². The van der Waals surface area contributed by atoms with Gasteiger partial charge in [-0.15, -0.1) is 33.2 Å². The lowest BCUT2D eigenvalue weighted by Crippen LogP contribution is -2.77. The second-order valence-electron chi connectivity index (χ2n) is 6.99. The smallest absolute Gasteiger partial charge is 0.396 e. The standard InChI is InChI=1S/C12H4Cl3F21OSi/c13-38(14,15)2(1-37)3(16,17)4(18,19)5(20,21)6(22,23)7(24,25)8(26,27)9(28,29)10(30,31)11(32,33)12(34,35)36/h2,37H,1H2. The molecule has 0 aliphatic rings. The SMILES string of the molecule is OCC(C(F)(F)C(F)(F)C(F)(F)C(F)(F)C(F)(F)C(F)(F)C(F)(F)C(F)(F)C(F)(F)C(F)(F)F)[Si](Cl)(Cl)Cl. The van der Waals surface area contributed by atoms with Gasteiger partial charge in [0.05, 0.1) is 12.1 Å². The lowest BCUT2D eigenvalue weighted by atomic mass is 9.86. The summed E-state index contributed by atoms with van der Waals surface area (Å²) in [5, 5.41) is 8.58. The van der Waals surface area contributed by atoms with Crippen LogP contribution in [-0.2, 0) is 0 Å². The van der Waals surface area contributed by atoms with Crippen LogP contribution in [0.15, 0.2) is 0 Å². The highest BCUT2D eigenvalue weighted by molar-refractivity contribution is 7.65. The van der Waals surface area contributed by atoms with Crippen molar-refractivity contribution in [2.45, 2.75) is 65.0 Å². The van der Waals surface area contributed by atoms with E-state index in [1.807, 2.05) is 0 Å². The van der Waals surface area contributed by atoms with E-state index in [4.69, 9.17) is 38.3 Å². The molecule has 0 rings (SSSR count). The molecule has 0 saturated carbocycles. The number of hydrogen-bond acceptors (Lipinski definition) is 1. The summed E-state index contributed by atoms with van der Waals surface area (Å²) in [6, 6.07) is -5.73. The topological polar surface area (TPSA) is 20.2 Å². The van der Waals surface area contributed by atoms with Crippen LogP contribution in [0.5, 0.6) is 0 Å². The lowest BCUT2D eigenvalue weighted by molar-refractivity contribution is -0.474. The molecule has 0 radical (unpaired) electrons. The van der Waals surface area contributed by atoms with Crippen LogP contribution in [0.2, 0.25) is 5.54 Å². The van der Waals surface area contributed by atoms with Gasteiger partial charge in [-0.1, -0.05) is 0 Å². The molecule has 0 amide bonds. The maximum atomic E-state index is 13.9. The molecule has 1 nitrogen and oxygen atoms in total. The molecule has 1 atom stereocenters. The Bertz CT molecular complexity index is 862. The van der Waals surface area contributed by atoms with Crippen molar-refractivity contribution in [1.82, 2.24) is 0 Å². The predicted molar refractivity (Wildman–Crippen MR) is 84.7 cm³/mol. The highest BCUT2D eigenvalue weighted by Gasteiger charge is 2.98. The number of alkyl halides is 21. The van der Waals surface area contributed by atoms with Crippen LogP contribution in [0, 0.1) is 0 Å². The Balaban J connectivity index is 7.23. The number of aliphatic hydroxyl groups excluding tert-OH is 1. The van der Waals surface area contributed by atoms with Gasteiger partial charge in [0.15, 0.2) is 0 Å². The van der Waals surface area contributed by atoms with Gasteiger partial charge in [0.2, 0.25) is 0 Å². The summed E-state index contributed by atoms with van der Waals surface area (Å²) in [5.41, 5.74) is -4.19. The molecular formula is C12H4Cl3F21OSi. The van der Waals surface area contributed by atoms with Crippen molar-refractivity contribution in [2.24, 2.45) is 0 Å². The summed E-state index contributed by atoms with van der Waals surface area (Å²) in [7, 11) is 0. The normalized spacial score (nSPS) is 17.6. The van der Waals surface area contributed by atoms with Gasteiger partial charge in [-0.25, -0.2) is 0 Å². The first-order chi connectivity index (χ1) is 15.9. The zero-order chi connectivity index (χ0) is 31.8. The fraction of sp³-hybridized carbons (Fsp3) is 1.00. The lowest BCUT2D eigenvalue weighted by Gasteiger charge is -2.45. The van der Waals surface area contributed by atoms with E-state index < -0.39 is 77.6 Å². The minimum atomic E-state index is -9.27. The third-order valence-electron chi connectivity index (χ3n) is 4.55. The second-order valence-corrected chi connectivity index (χ2v) is 15.9. The van der Waals surface area contributed by atoms with Gasteiger partial charge in [0.1, 0.15) is 0 Å². The highest BCUT2D eigenvalue weighted by Crippen LogP contribution is 2.67. The fourth-order valence-electron chi connectivity index (χ4n) is 2.21. The van der Waals surface area contributed by atoms with Crippen LogP contribution in [0.4, 0.5) is 92.2 Å². The zero-order valence-electron chi connectivity index (χ0n) is 16.3. The highest BCUT2D eigenvalue weighted by atomic mass is 35.8. The second kappa shape index (κ2) is 9.56. The maximum Gasteiger partial charge on any atom is 0.460 e. The molecule has 0 aromatic carbocycles. The van der Waals surface area contributed by atoms with E-state index in [9.17, 15) is 92.2 Å². The molecule has 0 aliphatic heterocycles. The quantitative estimate of drug-likeness (QED) is 0.131. The summed E-state index contributed by atoms with van der Waals surface area (Å²) in [5.74, 6) is -78.5. The Kier molecular flexibility index (Phi) is 9.46. The van der Waals surface area contributed by atoms with Crippen LogP contribution in [0.25, 0.3) is 0 Å². The molecule has 26 heteroatoms. The van der Waals surface area contributed by atoms with Crippen molar-refractivity contribution >= 4 is 39.2 Å². The van der Waals surface area contributed by atoms with Gasteiger partial charge in [-0.2, -0.15) is 92.2 Å². The van der Waals surface area contributed by atoms with E-state index in [1.54, 1.807) is 0 Å². The van der Waals surface area contributed by atoms with E-state index in [2.05, 4.69) is 0 Å². The fourth-order valence-corrected chi connectivity index (χ4v) is 4.87. The third-order valence-corrected chi connectivity index (χ3v) is 8.26. The van der Waals surface area contributed by atoms with Crippen molar-refractivity contribution in [3.63, 3.8) is 0 Å². The van der Waals surface area contributed by atoms with Crippen molar-refractivity contribution in [3.8, 4) is 0 Å². The number of rotatable bonds is 11. The van der Waals surface area contributed by atoms with Gasteiger partial charge in [-0.3, -0.25) is 0 Å². The summed E-state index contributed by atoms with van der Waals surface area (Å²) in [4.78, 5) is 0. The Morgan fingerprint density at radius 2 is 0.632 bits per heavy atom. The summed E-state index contributed by atoms with van der Waals surface area (Å²) < 4.78 is 279. The van der Waals surface area contributed by atoms with Gasteiger partial charge in [-0.05, 0) is 0 Å². The Hall–Kier alpha value is -0.423. The molecule has 0 aromatic rings. The molecule has 1 N–H and O–H groups in total. The molecule has 38 heavy (non-hydrogen) atoms.